The Bertz CT molecular complexity index is 367. The highest BCUT2D eigenvalue weighted by Crippen LogP contribution is 2.27. The fraction of sp³-hybridized carbons (Fsp3) is 0.571. The normalized spacial score (nSPS) is 18.2. The lowest BCUT2D eigenvalue weighted by Crippen LogP contribution is -2.33. The van der Waals surface area contributed by atoms with E-state index in [2.05, 4.69) is 9.71 Å². The van der Waals surface area contributed by atoms with Crippen molar-refractivity contribution in [3.63, 3.8) is 0 Å². The van der Waals surface area contributed by atoms with Crippen molar-refractivity contribution in [3.8, 4) is 0 Å². The van der Waals surface area contributed by atoms with Crippen molar-refractivity contribution in [3.05, 3.63) is 11.6 Å². The lowest BCUT2D eigenvalue weighted by Gasteiger charge is -2.24. The number of sulfonamides is 1. The van der Waals surface area contributed by atoms with Crippen LogP contribution in [-0.4, -0.2) is 18.7 Å². The first kappa shape index (κ1) is 8.96. The average molecular weight is 218 g/mol. The third-order valence-corrected chi connectivity index (χ3v) is 4.80. The molecule has 1 aromatic heterocycles. The molecule has 4 nitrogen and oxygen atoms in total. The minimum absolute atomic E-state index is 0.198. The molecule has 1 aromatic rings. The van der Waals surface area contributed by atoms with Crippen LogP contribution >= 0.6 is 11.3 Å². The minimum atomic E-state index is -3.15. The molecular weight excluding hydrogens is 208 g/mol. The van der Waals surface area contributed by atoms with Gasteiger partial charge in [-0.1, -0.05) is 6.42 Å². The zero-order valence-electron chi connectivity index (χ0n) is 6.93. The summed E-state index contributed by atoms with van der Waals surface area (Å²) in [6.07, 6.45) is 4.16. The van der Waals surface area contributed by atoms with Gasteiger partial charge in [0, 0.05) is 11.6 Å². The van der Waals surface area contributed by atoms with Crippen LogP contribution < -0.4 is 4.72 Å². The van der Waals surface area contributed by atoms with E-state index in [1.54, 1.807) is 11.6 Å². The Morgan fingerprint density at radius 3 is 2.77 bits per heavy atom. The Morgan fingerprint density at radius 1 is 1.54 bits per heavy atom. The molecule has 1 aliphatic rings. The molecule has 2 rings (SSSR count). The van der Waals surface area contributed by atoms with E-state index in [1.165, 1.54) is 11.3 Å². The number of aromatic nitrogens is 1. The SMILES string of the molecule is O=S(=O)(Nc1nccs1)C1CCC1. The van der Waals surface area contributed by atoms with Gasteiger partial charge in [0.15, 0.2) is 5.13 Å². The van der Waals surface area contributed by atoms with Gasteiger partial charge in [-0.3, -0.25) is 4.72 Å². The maximum absolute atomic E-state index is 11.5. The summed E-state index contributed by atoms with van der Waals surface area (Å²) in [6, 6.07) is 0. The van der Waals surface area contributed by atoms with Crippen LogP contribution in [0.15, 0.2) is 11.6 Å². The van der Waals surface area contributed by atoms with E-state index in [0.717, 1.165) is 19.3 Å². The summed E-state index contributed by atoms with van der Waals surface area (Å²) >= 11 is 1.30. The third kappa shape index (κ3) is 1.83. The van der Waals surface area contributed by atoms with Gasteiger partial charge in [0.05, 0.1) is 5.25 Å². The molecule has 1 saturated carbocycles. The van der Waals surface area contributed by atoms with E-state index in [0.29, 0.717) is 5.13 Å². The molecular formula is C7H10N2O2S2. The van der Waals surface area contributed by atoms with Crippen LogP contribution in [0.3, 0.4) is 0 Å². The second kappa shape index (κ2) is 3.26. The van der Waals surface area contributed by atoms with Crippen molar-refractivity contribution >= 4 is 26.5 Å². The van der Waals surface area contributed by atoms with Gasteiger partial charge in [-0.25, -0.2) is 13.4 Å². The van der Waals surface area contributed by atoms with Crippen molar-refractivity contribution in [2.75, 3.05) is 4.72 Å². The van der Waals surface area contributed by atoms with Crippen molar-refractivity contribution in [1.82, 2.24) is 4.98 Å². The van der Waals surface area contributed by atoms with Crippen LogP contribution in [0.2, 0.25) is 0 Å². The maximum atomic E-state index is 11.5. The van der Waals surface area contributed by atoms with Crippen molar-refractivity contribution in [1.29, 1.82) is 0 Å². The van der Waals surface area contributed by atoms with Gasteiger partial charge in [-0.15, -0.1) is 11.3 Å². The lowest BCUT2D eigenvalue weighted by molar-refractivity contribution is 0.479. The Hall–Kier alpha value is -0.620. The number of anilines is 1. The Kier molecular flexibility index (Phi) is 2.25. The highest BCUT2D eigenvalue weighted by molar-refractivity contribution is 7.93. The Morgan fingerprint density at radius 2 is 2.31 bits per heavy atom. The molecule has 13 heavy (non-hydrogen) atoms. The molecule has 0 saturated heterocycles. The van der Waals surface area contributed by atoms with E-state index in [-0.39, 0.29) is 5.25 Å². The number of hydrogen-bond donors (Lipinski definition) is 1. The molecule has 0 bridgehead atoms. The summed E-state index contributed by atoms with van der Waals surface area (Å²) in [4.78, 5) is 3.87. The first-order valence-electron chi connectivity index (χ1n) is 4.09. The zero-order chi connectivity index (χ0) is 9.31. The zero-order valence-corrected chi connectivity index (χ0v) is 8.57. The number of thiazole rings is 1. The highest BCUT2D eigenvalue weighted by atomic mass is 32.2. The number of nitrogens with one attached hydrogen (secondary N) is 1. The molecule has 0 aliphatic heterocycles. The molecule has 1 aliphatic carbocycles. The van der Waals surface area contributed by atoms with Crippen LogP contribution in [0.1, 0.15) is 19.3 Å². The fourth-order valence-corrected chi connectivity index (χ4v) is 3.49. The van der Waals surface area contributed by atoms with E-state index >= 15 is 0 Å². The van der Waals surface area contributed by atoms with Crippen LogP contribution in [0.25, 0.3) is 0 Å². The standard InChI is InChI=1S/C7H10N2O2S2/c10-13(11,6-2-1-3-6)9-7-8-4-5-12-7/h4-6H,1-3H2,(H,8,9). The number of nitrogens with zero attached hydrogens (tertiary/aromatic N) is 1. The molecule has 1 fully saturated rings. The van der Waals surface area contributed by atoms with E-state index in [4.69, 9.17) is 0 Å². The molecule has 1 heterocycles. The summed E-state index contributed by atoms with van der Waals surface area (Å²) < 4.78 is 25.6. The van der Waals surface area contributed by atoms with Gasteiger partial charge in [0.1, 0.15) is 0 Å². The maximum Gasteiger partial charge on any atom is 0.237 e. The molecule has 6 heteroatoms. The van der Waals surface area contributed by atoms with Crippen molar-refractivity contribution < 1.29 is 8.42 Å². The summed E-state index contributed by atoms with van der Waals surface area (Å²) in [7, 11) is -3.15. The largest absolute Gasteiger partial charge is 0.258 e. The van der Waals surface area contributed by atoms with E-state index < -0.39 is 10.0 Å². The molecule has 0 radical (unpaired) electrons. The first-order valence-corrected chi connectivity index (χ1v) is 6.52. The lowest BCUT2D eigenvalue weighted by atomic mass is 10.0. The summed E-state index contributed by atoms with van der Waals surface area (Å²) in [6.45, 7) is 0. The van der Waals surface area contributed by atoms with Crippen LogP contribution in [0.4, 0.5) is 5.13 Å². The molecule has 0 amide bonds. The first-order chi connectivity index (χ1) is 6.18. The molecule has 0 spiro atoms. The van der Waals surface area contributed by atoms with Crippen LogP contribution in [0.5, 0.6) is 0 Å². The molecule has 0 aromatic carbocycles. The fourth-order valence-electron chi connectivity index (χ4n) is 1.16. The molecule has 0 unspecified atom stereocenters. The predicted molar refractivity (Wildman–Crippen MR) is 52.3 cm³/mol. The van der Waals surface area contributed by atoms with Gasteiger partial charge in [-0.2, -0.15) is 0 Å². The predicted octanol–water partition coefficient (Wildman–Crippen LogP) is 1.44. The monoisotopic (exact) mass is 218 g/mol. The topological polar surface area (TPSA) is 59.1 Å². The van der Waals surface area contributed by atoms with E-state index in [1.807, 2.05) is 0 Å². The summed E-state index contributed by atoms with van der Waals surface area (Å²) in [5.41, 5.74) is 0. The van der Waals surface area contributed by atoms with Gasteiger partial charge in [-0.05, 0) is 12.8 Å². The van der Waals surface area contributed by atoms with Crippen molar-refractivity contribution in [2.45, 2.75) is 24.5 Å². The molecule has 0 atom stereocenters. The molecule has 1 N–H and O–H groups in total. The van der Waals surface area contributed by atoms with Crippen LogP contribution in [0, 0.1) is 0 Å². The highest BCUT2D eigenvalue weighted by Gasteiger charge is 2.31. The Labute approximate surface area is 81.1 Å². The van der Waals surface area contributed by atoms with E-state index in [9.17, 15) is 8.42 Å². The number of hydrogen-bond acceptors (Lipinski definition) is 4. The quantitative estimate of drug-likeness (QED) is 0.835. The average Bonchev–Trinajstić information content (AvgIpc) is 2.32. The second-order valence-electron chi connectivity index (χ2n) is 3.04. The van der Waals surface area contributed by atoms with Gasteiger partial charge >= 0.3 is 0 Å². The summed E-state index contributed by atoms with van der Waals surface area (Å²) in [5.74, 6) is 0. The van der Waals surface area contributed by atoms with Crippen molar-refractivity contribution in [2.24, 2.45) is 0 Å². The minimum Gasteiger partial charge on any atom is -0.258 e. The third-order valence-electron chi connectivity index (χ3n) is 2.15. The summed E-state index contributed by atoms with van der Waals surface area (Å²) in [5, 5.41) is 2.02. The van der Waals surface area contributed by atoms with Crippen LogP contribution in [-0.2, 0) is 10.0 Å². The smallest absolute Gasteiger partial charge is 0.237 e. The van der Waals surface area contributed by atoms with Gasteiger partial charge < -0.3 is 0 Å². The Balaban J connectivity index is 2.08. The van der Waals surface area contributed by atoms with Gasteiger partial charge in [0.25, 0.3) is 0 Å². The second-order valence-corrected chi connectivity index (χ2v) is 5.89. The van der Waals surface area contributed by atoms with Gasteiger partial charge in [0.2, 0.25) is 10.0 Å². The number of rotatable bonds is 3. The molecule has 72 valence electrons.